The summed E-state index contributed by atoms with van der Waals surface area (Å²) < 4.78 is 0. The number of hydrazine groups is 1. The first-order valence-corrected chi connectivity index (χ1v) is 7.98. The monoisotopic (exact) mass is 292 g/mol. The van der Waals surface area contributed by atoms with Crippen molar-refractivity contribution in [2.45, 2.75) is 40.0 Å². The van der Waals surface area contributed by atoms with E-state index < -0.39 is 0 Å². The van der Waals surface area contributed by atoms with Crippen LogP contribution in [0.1, 0.15) is 38.1 Å². The fourth-order valence-corrected chi connectivity index (χ4v) is 2.82. The molecule has 0 aliphatic carbocycles. The Bertz CT molecular complexity index is 462. The summed E-state index contributed by atoms with van der Waals surface area (Å²) in [6.07, 6.45) is 3.16. The summed E-state index contributed by atoms with van der Waals surface area (Å²) in [6.45, 7) is 10.8. The van der Waals surface area contributed by atoms with E-state index in [1.165, 1.54) is 19.5 Å². The molecule has 1 atom stereocenters. The van der Waals surface area contributed by atoms with Crippen LogP contribution in [0.15, 0.2) is 0 Å². The summed E-state index contributed by atoms with van der Waals surface area (Å²) in [6, 6.07) is 0. The highest BCUT2D eigenvalue weighted by Crippen LogP contribution is 2.22. The zero-order valence-corrected chi connectivity index (χ0v) is 13.4. The van der Waals surface area contributed by atoms with Crippen LogP contribution in [-0.2, 0) is 6.42 Å². The molecule has 1 aliphatic rings. The van der Waals surface area contributed by atoms with Gasteiger partial charge in [0.25, 0.3) is 0 Å². The van der Waals surface area contributed by atoms with Crippen molar-refractivity contribution < 1.29 is 0 Å². The van der Waals surface area contributed by atoms with Crippen molar-refractivity contribution in [2.24, 2.45) is 11.8 Å². The fraction of sp³-hybridized carbons (Fsp3) is 0.733. The van der Waals surface area contributed by atoms with Gasteiger partial charge in [0.1, 0.15) is 17.5 Å². The quantitative estimate of drug-likeness (QED) is 0.525. The molecular weight excluding hydrogens is 264 g/mol. The second kappa shape index (κ2) is 7.56. The van der Waals surface area contributed by atoms with Gasteiger partial charge in [-0.2, -0.15) is 0 Å². The molecule has 1 saturated heterocycles. The topological polar surface area (TPSA) is 79.1 Å². The Hall–Kier alpha value is -1.40. The molecule has 1 unspecified atom stereocenters. The Kier molecular flexibility index (Phi) is 5.76. The highest BCUT2D eigenvalue weighted by Gasteiger charge is 2.21. The number of nitrogens with zero attached hydrogens (tertiary/aromatic N) is 3. The van der Waals surface area contributed by atoms with Crippen molar-refractivity contribution in [2.75, 3.05) is 36.9 Å². The van der Waals surface area contributed by atoms with Gasteiger partial charge in [0.05, 0.1) is 0 Å². The summed E-state index contributed by atoms with van der Waals surface area (Å²) in [7, 11) is 0. The molecule has 0 radical (unpaired) electrons. The SMILES string of the molecule is CCCc1nc(NN)c(C)c(NCC2CCN(CC)C2)n1. The molecule has 2 heterocycles. The molecule has 6 nitrogen and oxygen atoms in total. The van der Waals surface area contributed by atoms with Crippen LogP contribution in [0.25, 0.3) is 0 Å². The van der Waals surface area contributed by atoms with Gasteiger partial charge in [-0.3, -0.25) is 0 Å². The van der Waals surface area contributed by atoms with Crippen LogP contribution in [0.2, 0.25) is 0 Å². The number of anilines is 2. The molecule has 1 aliphatic heterocycles. The van der Waals surface area contributed by atoms with E-state index in [0.717, 1.165) is 49.0 Å². The minimum Gasteiger partial charge on any atom is -0.369 e. The maximum absolute atomic E-state index is 5.56. The zero-order valence-electron chi connectivity index (χ0n) is 13.4. The number of hydrogen-bond donors (Lipinski definition) is 3. The van der Waals surface area contributed by atoms with Crippen LogP contribution in [0.5, 0.6) is 0 Å². The molecule has 4 N–H and O–H groups in total. The van der Waals surface area contributed by atoms with E-state index in [0.29, 0.717) is 5.92 Å². The van der Waals surface area contributed by atoms with Gasteiger partial charge in [0, 0.05) is 25.1 Å². The van der Waals surface area contributed by atoms with Crippen LogP contribution in [0.3, 0.4) is 0 Å². The van der Waals surface area contributed by atoms with E-state index >= 15 is 0 Å². The van der Waals surface area contributed by atoms with Crippen LogP contribution in [0.4, 0.5) is 11.6 Å². The van der Waals surface area contributed by atoms with Crippen LogP contribution in [0, 0.1) is 12.8 Å². The summed E-state index contributed by atoms with van der Waals surface area (Å²) in [5, 5.41) is 3.50. The number of aromatic nitrogens is 2. The van der Waals surface area contributed by atoms with Gasteiger partial charge in [0.15, 0.2) is 0 Å². The molecule has 0 amide bonds. The highest BCUT2D eigenvalue weighted by atomic mass is 15.3. The lowest BCUT2D eigenvalue weighted by atomic mass is 10.1. The minimum absolute atomic E-state index is 0.697. The first kappa shape index (κ1) is 16.0. The van der Waals surface area contributed by atoms with Gasteiger partial charge in [0.2, 0.25) is 0 Å². The molecule has 1 aromatic heterocycles. The summed E-state index contributed by atoms with van der Waals surface area (Å²) in [5.41, 5.74) is 3.67. The van der Waals surface area contributed by atoms with Crippen LogP contribution >= 0.6 is 0 Å². The number of aryl methyl sites for hydroxylation is 1. The molecule has 0 spiro atoms. The zero-order chi connectivity index (χ0) is 15.2. The Morgan fingerprint density at radius 1 is 1.29 bits per heavy atom. The van der Waals surface area contributed by atoms with Crippen LogP contribution < -0.4 is 16.6 Å². The first-order chi connectivity index (χ1) is 10.2. The van der Waals surface area contributed by atoms with Gasteiger partial charge in [-0.05, 0) is 38.8 Å². The molecule has 2 rings (SSSR count). The molecule has 0 aromatic carbocycles. The maximum atomic E-state index is 5.56. The average molecular weight is 292 g/mol. The van der Waals surface area contributed by atoms with Crippen molar-refractivity contribution >= 4 is 11.6 Å². The van der Waals surface area contributed by atoms with Gasteiger partial charge >= 0.3 is 0 Å². The number of rotatable bonds is 7. The molecule has 1 aromatic rings. The lowest BCUT2D eigenvalue weighted by Gasteiger charge is -2.17. The second-order valence-corrected chi connectivity index (χ2v) is 5.79. The predicted octanol–water partition coefficient (Wildman–Crippen LogP) is 1.78. The average Bonchev–Trinajstić information content (AvgIpc) is 2.95. The van der Waals surface area contributed by atoms with Crippen molar-refractivity contribution in [1.29, 1.82) is 0 Å². The molecule has 21 heavy (non-hydrogen) atoms. The largest absolute Gasteiger partial charge is 0.369 e. The van der Waals surface area contributed by atoms with E-state index in [4.69, 9.17) is 5.84 Å². The van der Waals surface area contributed by atoms with E-state index in [9.17, 15) is 0 Å². The third kappa shape index (κ3) is 4.04. The van der Waals surface area contributed by atoms with Crippen molar-refractivity contribution in [1.82, 2.24) is 14.9 Å². The fourth-order valence-electron chi connectivity index (χ4n) is 2.82. The maximum Gasteiger partial charge on any atom is 0.148 e. The standard InChI is InChI=1S/C15H28N6/c1-4-6-13-18-14(11(3)15(19-13)20-16)17-9-12-7-8-21(5-2)10-12/h12H,4-10,16H2,1-3H3,(H2,17,18,19,20). The minimum atomic E-state index is 0.697. The van der Waals surface area contributed by atoms with Gasteiger partial charge in [-0.1, -0.05) is 13.8 Å². The van der Waals surface area contributed by atoms with Gasteiger partial charge in [-0.15, -0.1) is 0 Å². The first-order valence-electron chi connectivity index (χ1n) is 7.98. The lowest BCUT2D eigenvalue weighted by Crippen LogP contribution is -2.23. The number of nitrogens with two attached hydrogens (primary N) is 1. The Balaban J connectivity index is 2.03. The van der Waals surface area contributed by atoms with Gasteiger partial charge in [-0.25, -0.2) is 15.8 Å². The summed E-state index contributed by atoms with van der Waals surface area (Å²) in [4.78, 5) is 11.6. The predicted molar refractivity (Wildman–Crippen MR) is 87.3 cm³/mol. The third-order valence-electron chi connectivity index (χ3n) is 4.18. The van der Waals surface area contributed by atoms with Crippen molar-refractivity contribution in [3.8, 4) is 0 Å². The number of likely N-dealkylation sites (tertiary alicyclic amines) is 1. The normalized spacial score (nSPS) is 19.0. The lowest BCUT2D eigenvalue weighted by molar-refractivity contribution is 0.345. The molecule has 6 heteroatoms. The van der Waals surface area contributed by atoms with E-state index in [-0.39, 0.29) is 0 Å². The van der Waals surface area contributed by atoms with E-state index in [1.807, 2.05) is 6.92 Å². The van der Waals surface area contributed by atoms with Crippen LogP contribution in [-0.4, -0.2) is 41.0 Å². The Labute approximate surface area is 127 Å². The number of hydrogen-bond acceptors (Lipinski definition) is 6. The summed E-state index contributed by atoms with van der Waals surface area (Å²) in [5.74, 6) is 8.74. The van der Waals surface area contributed by atoms with E-state index in [1.54, 1.807) is 0 Å². The molecule has 118 valence electrons. The van der Waals surface area contributed by atoms with Gasteiger partial charge < -0.3 is 15.6 Å². The molecule has 1 fully saturated rings. The summed E-state index contributed by atoms with van der Waals surface area (Å²) >= 11 is 0. The third-order valence-corrected chi connectivity index (χ3v) is 4.18. The number of nitrogens with one attached hydrogen (secondary N) is 2. The molecule has 0 saturated carbocycles. The molecular formula is C15H28N6. The van der Waals surface area contributed by atoms with E-state index in [2.05, 4.69) is 39.5 Å². The second-order valence-electron chi connectivity index (χ2n) is 5.79. The highest BCUT2D eigenvalue weighted by molar-refractivity contribution is 5.56. The number of nitrogen functional groups attached to an aromatic ring is 1. The Morgan fingerprint density at radius 3 is 2.67 bits per heavy atom. The Morgan fingerprint density at radius 2 is 2.05 bits per heavy atom. The smallest absolute Gasteiger partial charge is 0.148 e. The van der Waals surface area contributed by atoms with Crippen molar-refractivity contribution in [3.63, 3.8) is 0 Å². The van der Waals surface area contributed by atoms with Crippen molar-refractivity contribution in [3.05, 3.63) is 11.4 Å². The molecule has 0 bridgehead atoms.